The third-order valence-corrected chi connectivity index (χ3v) is 7.93. The van der Waals surface area contributed by atoms with Gasteiger partial charge in [0.2, 0.25) is 0 Å². The number of benzene rings is 2. The van der Waals surface area contributed by atoms with E-state index in [0.29, 0.717) is 32.9 Å². The highest BCUT2D eigenvalue weighted by Crippen LogP contribution is 2.35. The summed E-state index contributed by atoms with van der Waals surface area (Å²) in [6.07, 6.45) is 5.06. The molecule has 8 nitrogen and oxygen atoms in total. The molecule has 196 valence electrons. The van der Waals surface area contributed by atoms with Crippen molar-refractivity contribution in [1.29, 1.82) is 0 Å². The summed E-state index contributed by atoms with van der Waals surface area (Å²) in [5.41, 5.74) is 5.17. The largest absolute Gasteiger partial charge is 0.366 e. The van der Waals surface area contributed by atoms with Crippen LogP contribution in [0.1, 0.15) is 36.2 Å². The number of nitrogens with zero attached hydrogens (tertiary/aromatic N) is 5. The SMILES string of the molecule is Cc1cc(/C=C2/C(=O)N(c3ccc(Cl)cc3)C(=S)N2C)c(C)n1-c1ccc(N2CCCCC2)c([N+](=O)[O-])c1. The number of rotatable bonds is 5. The number of likely N-dealkylation sites (N-methyl/N-ethyl adjacent to an activating group) is 1. The molecule has 2 aliphatic rings. The first-order chi connectivity index (χ1) is 18.2. The molecule has 2 fully saturated rings. The minimum absolute atomic E-state index is 0.103. The summed E-state index contributed by atoms with van der Waals surface area (Å²) in [5, 5.41) is 13.0. The molecule has 0 N–H and O–H groups in total. The number of amides is 1. The lowest BCUT2D eigenvalue weighted by Crippen LogP contribution is -2.31. The molecule has 1 aromatic heterocycles. The second kappa shape index (κ2) is 10.2. The van der Waals surface area contributed by atoms with Gasteiger partial charge >= 0.3 is 0 Å². The number of halogens is 1. The van der Waals surface area contributed by atoms with Crippen molar-refractivity contribution in [2.24, 2.45) is 0 Å². The number of hydrogen-bond donors (Lipinski definition) is 0. The molecule has 0 radical (unpaired) electrons. The van der Waals surface area contributed by atoms with E-state index < -0.39 is 0 Å². The maximum absolute atomic E-state index is 13.4. The maximum Gasteiger partial charge on any atom is 0.294 e. The summed E-state index contributed by atoms with van der Waals surface area (Å²) in [7, 11) is 1.77. The van der Waals surface area contributed by atoms with E-state index in [1.807, 2.05) is 42.7 Å². The molecular weight excluding hydrogens is 522 g/mol. The van der Waals surface area contributed by atoms with Gasteiger partial charge in [0.05, 0.1) is 16.3 Å². The number of aromatic nitrogens is 1. The van der Waals surface area contributed by atoms with E-state index in [0.717, 1.165) is 49.3 Å². The lowest BCUT2D eigenvalue weighted by Gasteiger charge is -2.28. The van der Waals surface area contributed by atoms with Crippen LogP contribution in [0.2, 0.25) is 5.02 Å². The van der Waals surface area contributed by atoms with Crippen LogP contribution in [0, 0.1) is 24.0 Å². The first-order valence-electron chi connectivity index (χ1n) is 12.5. The van der Waals surface area contributed by atoms with Crippen molar-refractivity contribution in [3.63, 3.8) is 0 Å². The van der Waals surface area contributed by atoms with E-state index in [4.69, 9.17) is 23.8 Å². The molecule has 0 atom stereocenters. The van der Waals surface area contributed by atoms with Crippen LogP contribution in [-0.4, -0.2) is 45.5 Å². The van der Waals surface area contributed by atoms with Gasteiger partial charge in [0.25, 0.3) is 11.6 Å². The molecule has 0 aliphatic carbocycles. The summed E-state index contributed by atoms with van der Waals surface area (Å²) in [5.74, 6) is -0.230. The summed E-state index contributed by atoms with van der Waals surface area (Å²) in [4.78, 5) is 30.4. The lowest BCUT2D eigenvalue weighted by atomic mass is 10.1. The Bertz CT molecular complexity index is 1470. The number of piperidine rings is 1. The zero-order valence-electron chi connectivity index (χ0n) is 21.5. The van der Waals surface area contributed by atoms with E-state index in [1.165, 1.54) is 4.90 Å². The molecule has 10 heteroatoms. The number of carbonyl (C=O) groups is 1. The molecule has 3 aromatic rings. The molecule has 0 bridgehead atoms. The van der Waals surface area contributed by atoms with Crippen LogP contribution in [0.15, 0.2) is 54.2 Å². The number of hydrogen-bond acceptors (Lipinski definition) is 5. The van der Waals surface area contributed by atoms with Crippen molar-refractivity contribution in [1.82, 2.24) is 9.47 Å². The predicted octanol–water partition coefficient (Wildman–Crippen LogP) is 6.25. The topological polar surface area (TPSA) is 74.9 Å². The van der Waals surface area contributed by atoms with Gasteiger partial charge in [-0.15, -0.1) is 0 Å². The Hall–Kier alpha value is -3.69. The lowest BCUT2D eigenvalue weighted by molar-refractivity contribution is -0.384. The van der Waals surface area contributed by atoms with Crippen molar-refractivity contribution in [3.8, 4) is 5.69 Å². The Morgan fingerprint density at radius 3 is 2.32 bits per heavy atom. The highest BCUT2D eigenvalue weighted by molar-refractivity contribution is 7.80. The number of thiocarbonyl (C=S) groups is 1. The minimum atomic E-state index is -0.303. The quantitative estimate of drug-likeness (QED) is 0.162. The van der Waals surface area contributed by atoms with E-state index in [1.54, 1.807) is 42.3 Å². The Morgan fingerprint density at radius 1 is 1.00 bits per heavy atom. The van der Waals surface area contributed by atoms with Gasteiger partial charge in [-0.25, -0.2) is 0 Å². The van der Waals surface area contributed by atoms with Gasteiger partial charge < -0.3 is 14.4 Å². The van der Waals surface area contributed by atoms with Crippen LogP contribution in [0.3, 0.4) is 0 Å². The van der Waals surface area contributed by atoms with Gasteiger partial charge in [0.1, 0.15) is 11.4 Å². The molecule has 1 amide bonds. The molecule has 0 saturated carbocycles. The Balaban J connectivity index is 1.51. The van der Waals surface area contributed by atoms with Crippen molar-refractivity contribution in [3.05, 3.63) is 86.3 Å². The average Bonchev–Trinajstić information content (AvgIpc) is 3.30. The highest BCUT2D eigenvalue weighted by Gasteiger charge is 2.37. The minimum Gasteiger partial charge on any atom is -0.366 e. The fourth-order valence-electron chi connectivity index (χ4n) is 5.25. The molecule has 2 aliphatic heterocycles. The Labute approximate surface area is 231 Å². The molecule has 38 heavy (non-hydrogen) atoms. The maximum atomic E-state index is 13.4. The van der Waals surface area contributed by atoms with Gasteiger partial charge in [-0.2, -0.15) is 0 Å². The van der Waals surface area contributed by atoms with Gasteiger partial charge in [-0.1, -0.05) is 11.6 Å². The predicted molar refractivity (Wildman–Crippen MR) is 155 cm³/mol. The monoisotopic (exact) mass is 549 g/mol. The van der Waals surface area contributed by atoms with Crippen LogP contribution in [0.25, 0.3) is 11.8 Å². The van der Waals surface area contributed by atoms with Gasteiger partial charge in [-0.05, 0) is 99.4 Å². The molecule has 0 unspecified atom stereocenters. The third kappa shape index (κ3) is 4.56. The van der Waals surface area contributed by atoms with Crippen molar-refractivity contribution < 1.29 is 9.72 Å². The molecule has 3 heterocycles. The first kappa shape index (κ1) is 25.9. The Morgan fingerprint density at radius 2 is 1.66 bits per heavy atom. The third-order valence-electron chi connectivity index (χ3n) is 7.22. The van der Waals surface area contributed by atoms with E-state index >= 15 is 0 Å². The number of carbonyl (C=O) groups excluding carboxylic acids is 1. The van der Waals surface area contributed by atoms with E-state index in [9.17, 15) is 14.9 Å². The number of aryl methyl sites for hydroxylation is 1. The summed E-state index contributed by atoms with van der Waals surface area (Å²) in [6.45, 7) is 5.55. The van der Waals surface area contributed by atoms with Crippen LogP contribution in [0.5, 0.6) is 0 Å². The van der Waals surface area contributed by atoms with Crippen molar-refractivity contribution in [2.75, 3.05) is 29.9 Å². The van der Waals surface area contributed by atoms with Gasteiger partial charge in [0.15, 0.2) is 5.11 Å². The normalized spacial score (nSPS) is 17.2. The van der Waals surface area contributed by atoms with Gasteiger partial charge in [-0.3, -0.25) is 19.8 Å². The van der Waals surface area contributed by atoms with Crippen LogP contribution in [0.4, 0.5) is 17.1 Å². The van der Waals surface area contributed by atoms with Crippen LogP contribution in [-0.2, 0) is 4.79 Å². The second-order valence-electron chi connectivity index (χ2n) is 9.63. The summed E-state index contributed by atoms with van der Waals surface area (Å²) < 4.78 is 1.98. The number of nitro groups is 1. The molecule has 5 rings (SSSR count). The van der Waals surface area contributed by atoms with Gasteiger partial charge in [0, 0.05) is 42.6 Å². The molecule has 2 aromatic carbocycles. The average molecular weight is 550 g/mol. The number of nitro benzene ring substituents is 1. The van der Waals surface area contributed by atoms with Crippen molar-refractivity contribution in [2.45, 2.75) is 33.1 Å². The molecule has 0 spiro atoms. The summed E-state index contributed by atoms with van der Waals surface area (Å²) in [6, 6.07) is 14.4. The summed E-state index contributed by atoms with van der Waals surface area (Å²) >= 11 is 11.6. The first-order valence-corrected chi connectivity index (χ1v) is 13.3. The van der Waals surface area contributed by atoms with E-state index in [-0.39, 0.29) is 16.5 Å². The van der Waals surface area contributed by atoms with Crippen LogP contribution >= 0.6 is 23.8 Å². The standard InChI is InChI=1S/C28H28ClN5O3S/c1-18-15-20(16-26-27(35)33(28(38)30(26)3)22-9-7-21(29)8-10-22)19(2)32(18)23-11-12-24(25(17-23)34(36)37)31-13-5-4-6-14-31/h7-12,15-17H,4-6,13-14H2,1-3H3/b26-16-. The molecule has 2 saturated heterocycles. The number of anilines is 2. The zero-order chi connectivity index (χ0) is 27.1. The van der Waals surface area contributed by atoms with Crippen molar-refractivity contribution >= 4 is 58.0 Å². The smallest absolute Gasteiger partial charge is 0.294 e. The fourth-order valence-corrected chi connectivity index (χ4v) is 5.66. The second-order valence-corrected chi connectivity index (χ2v) is 10.4. The Kier molecular flexibility index (Phi) is 6.98. The zero-order valence-corrected chi connectivity index (χ0v) is 23.1. The van der Waals surface area contributed by atoms with E-state index in [2.05, 4.69) is 4.90 Å². The fraction of sp³-hybridized carbons (Fsp3) is 0.286. The van der Waals surface area contributed by atoms with Crippen LogP contribution < -0.4 is 9.80 Å². The highest BCUT2D eigenvalue weighted by atomic mass is 35.5. The molecular formula is C28H28ClN5O3S.